The van der Waals surface area contributed by atoms with Crippen molar-refractivity contribution >= 4 is 17.4 Å². The van der Waals surface area contributed by atoms with E-state index in [1.807, 2.05) is 20.8 Å². The van der Waals surface area contributed by atoms with E-state index in [4.69, 9.17) is 11.6 Å². The number of nitrogens with one attached hydrogen (secondary N) is 1. The van der Waals surface area contributed by atoms with Gasteiger partial charge in [0, 0.05) is 18.0 Å². The van der Waals surface area contributed by atoms with Gasteiger partial charge in [-0.3, -0.25) is 0 Å². The highest BCUT2D eigenvalue weighted by atomic mass is 35.5. The molecule has 1 aromatic rings. The fourth-order valence-electron chi connectivity index (χ4n) is 2.66. The van der Waals surface area contributed by atoms with Gasteiger partial charge < -0.3 is 10.4 Å². The summed E-state index contributed by atoms with van der Waals surface area (Å²) in [6.45, 7) is 8.76. The first-order valence-electron chi connectivity index (χ1n) is 7.81. The lowest BCUT2D eigenvalue weighted by atomic mass is 9.79. The molecule has 118 valence electrons. The van der Waals surface area contributed by atoms with E-state index in [0.29, 0.717) is 17.6 Å². The summed E-state index contributed by atoms with van der Waals surface area (Å²) < 4.78 is 0. The standard InChI is InChI=1S/C16H26ClN3O/c1-10(2)14-19-13(17)12(4)15(20-14)18-9-16(21)7-5-11(3)6-8-16/h10-11,21H,5-9H2,1-4H3,(H,18,19,20). The number of aliphatic hydroxyl groups is 1. The molecule has 1 saturated carbocycles. The van der Waals surface area contributed by atoms with Gasteiger partial charge in [-0.05, 0) is 38.5 Å². The Balaban J connectivity index is 2.09. The highest BCUT2D eigenvalue weighted by Crippen LogP contribution is 2.32. The molecule has 0 spiro atoms. The van der Waals surface area contributed by atoms with E-state index in [1.165, 1.54) is 0 Å². The van der Waals surface area contributed by atoms with Crippen molar-refractivity contribution in [1.29, 1.82) is 0 Å². The third kappa shape index (κ3) is 4.07. The highest BCUT2D eigenvalue weighted by molar-refractivity contribution is 6.30. The monoisotopic (exact) mass is 311 g/mol. The van der Waals surface area contributed by atoms with Crippen LogP contribution in [-0.4, -0.2) is 27.2 Å². The average molecular weight is 312 g/mol. The Morgan fingerprint density at radius 3 is 2.52 bits per heavy atom. The molecule has 1 aromatic heterocycles. The molecule has 1 aliphatic rings. The molecule has 0 radical (unpaired) electrons. The smallest absolute Gasteiger partial charge is 0.137 e. The van der Waals surface area contributed by atoms with E-state index in [0.717, 1.165) is 42.9 Å². The van der Waals surface area contributed by atoms with Crippen LogP contribution in [0.3, 0.4) is 0 Å². The Morgan fingerprint density at radius 2 is 1.95 bits per heavy atom. The Labute approximate surface area is 132 Å². The third-order valence-corrected chi connectivity index (χ3v) is 4.78. The van der Waals surface area contributed by atoms with Gasteiger partial charge in [0.25, 0.3) is 0 Å². The van der Waals surface area contributed by atoms with Gasteiger partial charge in [-0.15, -0.1) is 0 Å². The van der Waals surface area contributed by atoms with Crippen molar-refractivity contribution in [2.75, 3.05) is 11.9 Å². The van der Waals surface area contributed by atoms with E-state index < -0.39 is 5.60 Å². The van der Waals surface area contributed by atoms with Crippen LogP contribution >= 0.6 is 11.6 Å². The summed E-state index contributed by atoms with van der Waals surface area (Å²) in [6, 6.07) is 0. The maximum atomic E-state index is 10.7. The molecule has 0 bridgehead atoms. The largest absolute Gasteiger partial charge is 0.388 e. The lowest BCUT2D eigenvalue weighted by Gasteiger charge is -2.35. The minimum absolute atomic E-state index is 0.224. The van der Waals surface area contributed by atoms with Crippen molar-refractivity contribution in [3.8, 4) is 0 Å². The van der Waals surface area contributed by atoms with Crippen LogP contribution in [0, 0.1) is 12.8 Å². The molecule has 0 aromatic carbocycles. The van der Waals surface area contributed by atoms with E-state index in [9.17, 15) is 5.11 Å². The molecule has 21 heavy (non-hydrogen) atoms. The van der Waals surface area contributed by atoms with Gasteiger partial charge in [0.1, 0.15) is 16.8 Å². The summed E-state index contributed by atoms with van der Waals surface area (Å²) in [5.41, 5.74) is 0.211. The molecule has 0 aliphatic heterocycles. The number of hydrogen-bond acceptors (Lipinski definition) is 4. The quantitative estimate of drug-likeness (QED) is 0.828. The van der Waals surface area contributed by atoms with E-state index in [2.05, 4.69) is 22.2 Å². The van der Waals surface area contributed by atoms with Crippen molar-refractivity contribution in [2.45, 2.75) is 64.9 Å². The fourth-order valence-corrected chi connectivity index (χ4v) is 2.84. The van der Waals surface area contributed by atoms with Crippen LogP contribution in [0.15, 0.2) is 0 Å². The Morgan fingerprint density at radius 1 is 1.33 bits per heavy atom. The molecule has 1 aliphatic carbocycles. The van der Waals surface area contributed by atoms with Crippen LogP contribution in [0.2, 0.25) is 5.15 Å². The second-order valence-electron chi connectivity index (χ2n) is 6.76. The zero-order chi connectivity index (χ0) is 15.6. The van der Waals surface area contributed by atoms with E-state index in [1.54, 1.807) is 0 Å². The van der Waals surface area contributed by atoms with Gasteiger partial charge in [0.05, 0.1) is 5.60 Å². The first-order chi connectivity index (χ1) is 9.81. The predicted molar refractivity (Wildman–Crippen MR) is 86.9 cm³/mol. The van der Waals surface area contributed by atoms with Gasteiger partial charge in [-0.25, -0.2) is 9.97 Å². The maximum Gasteiger partial charge on any atom is 0.137 e. The molecule has 2 N–H and O–H groups in total. The first kappa shape index (κ1) is 16.5. The van der Waals surface area contributed by atoms with Gasteiger partial charge in [-0.2, -0.15) is 0 Å². The van der Waals surface area contributed by atoms with Crippen LogP contribution in [0.4, 0.5) is 5.82 Å². The predicted octanol–water partition coefficient (Wildman–Crippen LogP) is 3.91. The number of anilines is 1. The highest BCUT2D eigenvalue weighted by Gasteiger charge is 2.31. The number of halogens is 1. The second kappa shape index (κ2) is 6.49. The van der Waals surface area contributed by atoms with Crippen molar-refractivity contribution in [3.05, 3.63) is 16.5 Å². The normalized spacial score (nSPS) is 26.1. The van der Waals surface area contributed by atoms with Crippen molar-refractivity contribution in [1.82, 2.24) is 9.97 Å². The minimum atomic E-state index is -0.631. The number of rotatable bonds is 4. The van der Waals surface area contributed by atoms with Gasteiger partial charge >= 0.3 is 0 Å². The lowest BCUT2D eigenvalue weighted by molar-refractivity contribution is 0.00493. The summed E-state index contributed by atoms with van der Waals surface area (Å²) >= 11 is 6.18. The molecule has 1 heterocycles. The molecule has 5 heteroatoms. The van der Waals surface area contributed by atoms with Gasteiger partial charge in [0.2, 0.25) is 0 Å². The van der Waals surface area contributed by atoms with E-state index >= 15 is 0 Å². The third-order valence-electron chi connectivity index (χ3n) is 4.41. The molecule has 0 saturated heterocycles. The molecule has 2 rings (SSSR count). The Kier molecular flexibility index (Phi) is 5.10. The van der Waals surface area contributed by atoms with Crippen molar-refractivity contribution in [3.63, 3.8) is 0 Å². The summed E-state index contributed by atoms with van der Waals surface area (Å²) in [7, 11) is 0. The van der Waals surface area contributed by atoms with Crippen molar-refractivity contribution < 1.29 is 5.11 Å². The number of hydrogen-bond donors (Lipinski definition) is 2. The summed E-state index contributed by atoms with van der Waals surface area (Å²) in [5, 5.41) is 14.4. The average Bonchev–Trinajstić information content (AvgIpc) is 2.44. The lowest BCUT2D eigenvalue weighted by Crippen LogP contribution is -2.40. The molecular weight excluding hydrogens is 286 g/mol. The molecule has 4 nitrogen and oxygen atoms in total. The zero-order valence-electron chi connectivity index (χ0n) is 13.4. The van der Waals surface area contributed by atoms with E-state index in [-0.39, 0.29) is 5.92 Å². The minimum Gasteiger partial charge on any atom is -0.388 e. The molecule has 0 atom stereocenters. The second-order valence-corrected chi connectivity index (χ2v) is 7.12. The Bertz CT molecular complexity index is 497. The fraction of sp³-hybridized carbons (Fsp3) is 0.750. The molecule has 0 amide bonds. The van der Waals surface area contributed by atoms with Crippen molar-refractivity contribution in [2.24, 2.45) is 5.92 Å². The topological polar surface area (TPSA) is 58.0 Å². The van der Waals surface area contributed by atoms with Crippen LogP contribution in [0.25, 0.3) is 0 Å². The Hall–Kier alpha value is -0.870. The number of aromatic nitrogens is 2. The summed E-state index contributed by atoms with van der Waals surface area (Å²) in [5.74, 6) is 2.42. The summed E-state index contributed by atoms with van der Waals surface area (Å²) in [6.07, 6.45) is 3.85. The van der Waals surface area contributed by atoms with Gasteiger partial charge in [-0.1, -0.05) is 32.4 Å². The van der Waals surface area contributed by atoms with Crippen LogP contribution in [-0.2, 0) is 0 Å². The molecule has 0 unspecified atom stereocenters. The molecule has 1 fully saturated rings. The van der Waals surface area contributed by atoms with Crippen LogP contribution in [0.5, 0.6) is 0 Å². The first-order valence-corrected chi connectivity index (χ1v) is 8.19. The summed E-state index contributed by atoms with van der Waals surface area (Å²) in [4.78, 5) is 8.85. The molecular formula is C16H26ClN3O. The zero-order valence-corrected chi connectivity index (χ0v) is 14.2. The maximum absolute atomic E-state index is 10.7. The van der Waals surface area contributed by atoms with Gasteiger partial charge in [0.15, 0.2) is 0 Å². The SMILES string of the molecule is Cc1c(Cl)nc(C(C)C)nc1NCC1(O)CCC(C)CC1. The number of nitrogens with zero attached hydrogens (tertiary/aromatic N) is 2. The van der Waals surface area contributed by atoms with Crippen LogP contribution < -0.4 is 5.32 Å². The van der Waals surface area contributed by atoms with Crippen LogP contribution in [0.1, 0.15) is 63.8 Å².